The van der Waals surface area contributed by atoms with Crippen molar-refractivity contribution < 1.29 is 29.3 Å². The minimum absolute atomic E-state index is 0.00794. The molecule has 6 nitrogen and oxygen atoms in total. The molecule has 0 saturated carbocycles. The summed E-state index contributed by atoms with van der Waals surface area (Å²) in [6.45, 7) is 7.18. The van der Waals surface area contributed by atoms with Gasteiger partial charge < -0.3 is 19.7 Å². The van der Waals surface area contributed by atoms with Crippen LogP contribution in [0.5, 0.6) is 0 Å². The molecule has 1 heterocycles. The topological polar surface area (TPSA) is 93.1 Å². The molecule has 25 heavy (non-hydrogen) atoms. The van der Waals surface area contributed by atoms with Gasteiger partial charge in [0.1, 0.15) is 12.2 Å². The first-order valence-electron chi connectivity index (χ1n) is 8.87. The number of esters is 2. The van der Waals surface area contributed by atoms with Crippen molar-refractivity contribution in [2.75, 3.05) is 13.2 Å². The molecule has 0 spiro atoms. The zero-order chi connectivity index (χ0) is 18.6. The van der Waals surface area contributed by atoms with Crippen LogP contribution >= 0.6 is 0 Å². The largest absolute Gasteiger partial charge is 0.461 e. The van der Waals surface area contributed by atoms with Crippen molar-refractivity contribution in [1.29, 1.82) is 0 Å². The third-order valence-corrected chi connectivity index (χ3v) is 4.96. The first kappa shape index (κ1) is 19.7. The van der Waals surface area contributed by atoms with Gasteiger partial charge in [-0.05, 0) is 30.8 Å². The number of fused-ring (bicyclic) bond motifs is 1. The average Bonchev–Trinajstić information content (AvgIpc) is 2.85. The number of hydrogen-bond donors (Lipinski definition) is 2. The molecule has 0 bridgehead atoms. The third kappa shape index (κ3) is 4.70. The summed E-state index contributed by atoms with van der Waals surface area (Å²) in [7, 11) is 0. The van der Waals surface area contributed by atoms with Crippen LogP contribution in [0.15, 0.2) is 23.8 Å². The van der Waals surface area contributed by atoms with Gasteiger partial charge in [-0.1, -0.05) is 26.5 Å². The van der Waals surface area contributed by atoms with Crippen molar-refractivity contribution in [1.82, 2.24) is 0 Å². The Bertz CT molecular complexity index is 550. The van der Waals surface area contributed by atoms with E-state index in [0.29, 0.717) is 24.8 Å². The molecule has 4 atom stereocenters. The summed E-state index contributed by atoms with van der Waals surface area (Å²) in [5, 5.41) is 19.2. The minimum atomic E-state index is -0.616. The van der Waals surface area contributed by atoms with Gasteiger partial charge in [-0.3, -0.25) is 4.79 Å². The second-order valence-electron chi connectivity index (χ2n) is 7.21. The van der Waals surface area contributed by atoms with Crippen molar-refractivity contribution in [2.45, 2.75) is 51.7 Å². The predicted molar refractivity (Wildman–Crippen MR) is 91.4 cm³/mol. The first-order valence-corrected chi connectivity index (χ1v) is 8.87. The highest BCUT2D eigenvalue weighted by Crippen LogP contribution is 2.38. The fourth-order valence-corrected chi connectivity index (χ4v) is 3.44. The Labute approximate surface area is 148 Å². The van der Waals surface area contributed by atoms with E-state index >= 15 is 0 Å². The van der Waals surface area contributed by atoms with Crippen molar-refractivity contribution >= 4 is 11.9 Å². The molecule has 1 saturated heterocycles. The molecule has 6 heteroatoms. The second kappa shape index (κ2) is 8.63. The smallest absolute Gasteiger partial charge is 0.334 e. The van der Waals surface area contributed by atoms with E-state index in [0.717, 1.165) is 12.0 Å². The molecule has 1 aliphatic heterocycles. The number of rotatable bonds is 4. The molecule has 1 aliphatic carbocycles. The van der Waals surface area contributed by atoms with E-state index in [2.05, 4.69) is 6.58 Å². The summed E-state index contributed by atoms with van der Waals surface area (Å²) < 4.78 is 11.1. The van der Waals surface area contributed by atoms with E-state index < -0.39 is 24.1 Å². The van der Waals surface area contributed by atoms with Gasteiger partial charge in [0, 0.05) is 18.6 Å². The number of hydrogen-bond acceptors (Lipinski definition) is 6. The Balaban J connectivity index is 2.35. The predicted octanol–water partition coefficient (Wildman–Crippen LogP) is 1.75. The first-order chi connectivity index (χ1) is 11.9. The van der Waals surface area contributed by atoms with Gasteiger partial charge in [0.15, 0.2) is 0 Å². The molecule has 4 unspecified atom stereocenters. The molecule has 0 amide bonds. The van der Waals surface area contributed by atoms with Crippen LogP contribution in [-0.2, 0) is 19.1 Å². The lowest BCUT2D eigenvalue weighted by Crippen LogP contribution is -2.36. The summed E-state index contributed by atoms with van der Waals surface area (Å²) >= 11 is 0. The van der Waals surface area contributed by atoms with Crippen molar-refractivity contribution in [3.8, 4) is 0 Å². The van der Waals surface area contributed by atoms with E-state index in [1.807, 2.05) is 6.08 Å². The highest BCUT2D eigenvalue weighted by molar-refractivity contribution is 5.91. The van der Waals surface area contributed by atoms with Crippen molar-refractivity contribution in [3.63, 3.8) is 0 Å². The fourth-order valence-electron chi connectivity index (χ4n) is 3.44. The number of aliphatic hydroxyl groups excluding tert-OH is 2. The molecule has 140 valence electrons. The Morgan fingerprint density at radius 2 is 2.16 bits per heavy atom. The van der Waals surface area contributed by atoms with Crippen LogP contribution in [-0.4, -0.2) is 47.6 Å². The summed E-state index contributed by atoms with van der Waals surface area (Å²) in [5.41, 5.74) is 1.05. The molecule has 1 fully saturated rings. The van der Waals surface area contributed by atoms with Gasteiger partial charge >= 0.3 is 11.9 Å². The van der Waals surface area contributed by atoms with E-state index in [-0.39, 0.29) is 31.0 Å². The van der Waals surface area contributed by atoms with Crippen molar-refractivity contribution in [2.24, 2.45) is 17.8 Å². The van der Waals surface area contributed by atoms with Gasteiger partial charge in [-0.25, -0.2) is 4.79 Å². The Morgan fingerprint density at radius 1 is 1.44 bits per heavy atom. The van der Waals surface area contributed by atoms with E-state index in [1.54, 1.807) is 13.8 Å². The third-order valence-electron chi connectivity index (χ3n) is 4.96. The summed E-state index contributed by atoms with van der Waals surface area (Å²) in [4.78, 5) is 24.2. The van der Waals surface area contributed by atoms with Gasteiger partial charge in [0.25, 0.3) is 0 Å². The minimum Gasteiger partial charge on any atom is -0.461 e. The SMILES string of the molecule is C=C1C(=O)OC2CC(CO)CCC=C(CO)CC(OC(=O)C(C)C)C12. The lowest BCUT2D eigenvalue weighted by atomic mass is 9.81. The van der Waals surface area contributed by atoms with Gasteiger partial charge in [0.05, 0.1) is 18.4 Å². The van der Waals surface area contributed by atoms with E-state index in [9.17, 15) is 19.8 Å². The van der Waals surface area contributed by atoms with Crippen LogP contribution in [0.1, 0.15) is 39.5 Å². The normalized spacial score (nSPS) is 30.5. The maximum atomic E-state index is 12.2. The quantitative estimate of drug-likeness (QED) is 0.455. The maximum Gasteiger partial charge on any atom is 0.334 e. The molecule has 2 N–H and O–H groups in total. The molecule has 0 aromatic carbocycles. The monoisotopic (exact) mass is 352 g/mol. The summed E-state index contributed by atoms with van der Waals surface area (Å²) in [5.74, 6) is -1.62. The van der Waals surface area contributed by atoms with E-state index in [1.165, 1.54) is 0 Å². The van der Waals surface area contributed by atoms with Crippen molar-refractivity contribution in [3.05, 3.63) is 23.8 Å². The lowest BCUT2D eigenvalue weighted by molar-refractivity contribution is -0.156. The summed E-state index contributed by atoms with van der Waals surface area (Å²) in [6, 6.07) is 0. The molecular formula is C19H28O6. The number of carbonyl (C=O) groups is 2. The molecule has 2 aliphatic rings. The Hall–Kier alpha value is -1.66. The van der Waals surface area contributed by atoms with Gasteiger partial charge in [0.2, 0.25) is 0 Å². The van der Waals surface area contributed by atoms with Gasteiger partial charge in [-0.15, -0.1) is 0 Å². The fraction of sp³-hybridized carbons (Fsp3) is 0.684. The molecule has 0 aromatic rings. The molecule has 0 aromatic heterocycles. The lowest BCUT2D eigenvalue weighted by Gasteiger charge is -2.30. The van der Waals surface area contributed by atoms with Crippen LogP contribution < -0.4 is 0 Å². The van der Waals surface area contributed by atoms with Crippen LogP contribution in [0.25, 0.3) is 0 Å². The molecule has 0 radical (unpaired) electrons. The molecule has 2 rings (SSSR count). The number of carbonyl (C=O) groups excluding carboxylic acids is 2. The Morgan fingerprint density at radius 3 is 2.76 bits per heavy atom. The number of allylic oxidation sites excluding steroid dienone is 1. The zero-order valence-electron chi connectivity index (χ0n) is 14.9. The van der Waals surface area contributed by atoms with Crippen LogP contribution in [0.2, 0.25) is 0 Å². The molecular weight excluding hydrogens is 324 g/mol. The number of aliphatic hydroxyl groups is 2. The second-order valence-corrected chi connectivity index (χ2v) is 7.21. The van der Waals surface area contributed by atoms with Gasteiger partial charge in [-0.2, -0.15) is 0 Å². The highest BCUT2D eigenvalue weighted by Gasteiger charge is 2.46. The standard InChI is InChI=1S/C19H28O6/c1-11(2)18(22)24-15-7-13(9-20)5-4-6-14(10-21)8-16-17(15)12(3)19(23)25-16/h5,11,14-17,20-21H,3-4,6-10H2,1-2H3. The van der Waals surface area contributed by atoms with Crippen LogP contribution in [0.4, 0.5) is 0 Å². The Kier molecular flexibility index (Phi) is 6.79. The summed E-state index contributed by atoms with van der Waals surface area (Å²) in [6.07, 6.45) is 3.14. The van der Waals surface area contributed by atoms with Crippen LogP contribution in [0.3, 0.4) is 0 Å². The number of ether oxygens (including phenoxy) is 2. The maximum absolute atomic E-state index is 12.2. The average molecular weight is 352 g/mol. The van der Waals surface area contributed by atoms with E-state index in [4.69, 9.17) is 9.47 Å². The highest BCUT2D eigenvalue weighted by atomic mass is 16.6. The zero-order valence-corrected chi connectivity index (χ0v) is 14.9. The van der Waals surface area contributed by atoms with Crippen LogP contribution in [0, 0.1) is 17.8 Å².